The van der Waals surface area contributed by atoms with E-state index in [0.717, 1.165) is 5.56 Å². The molecule has 13 heteroatoms. The molecule has 0 aliphatic rings. The van der Waals surface area contributed by atoms with Crippen molar-refractivity contribution in [3.8, 4) is 11.1 Å². The first-order valence-corrected chi connectivity index (χ1v) is 14.6. The van der Waals surface area contributed by atoms with E-state index in [-0.39, 0.29) is 18.6 Å². The lowest BCUT2D eigenvalue weighted by Gasteiger charge is -2.19. The normalized spacial score (nSPS) is 11.8. The zero-order valence-corrected chi connectivity index (χ0v) is 25.3. The van der Waals surface area contributed by atoms with Gasteiger partial charge < -0.3 is 36.8 Å². The minimum Gasteiger partial charge on any atom is -0.481 e. The molecule has 0 bridgehead atoms. The van der Waals surface area contributed by atoms with Crippen molar-refractivity contribution in [3.63, 3.8) is 0 Å². The third kappa shape index (κ3) is 11.4. The van der Waals surface area contributed by atoms with Crippen LogP contribution in [0.1, 0.15) is 48.5 Å². The average molecular weight is 632 g/mol. The molecule has 3 rings (SSSR count). The lowest BCUT2D eigenvalue weighted by atomic mass is 9.97. The van der Waals surface area contributed by atoms with Crippen molar-refractivity contribution in [1.29, 1.82) is 0 Å². The highest BCUT2D eigenvalue weighted by atomic mass is 16.5. The number of carboxylic acid groups (broad SMARTS) is 1. The van der Waals surface area contributed by atoms with Gasteiger partial charge >= 0.3 is 12.1 Å². The van der Waals surface area contributed by atoms with Gasteiger partial charge in [0.15, 0.2) is 0 Å². The topological polar surface area (TPSA) is 206 Å². The van der Waals surface area contributed by atoms with Gasteiger partial charge in [0, 0.05) is 24.7 Å². The number of ether oxygens (including phenoxy) is 1. The predicted molar refractivity (Wildman–Crippen MR) is 169 cm³/mol. The number of amides is 5. The van der Waals surface area contributed by atoms with Crippen LogP contribution in [0.25, 0.3) is 11.1 Å². The van der Waals surface area contributed by atoms with Crippen LogP contribution in [0.4, 0.5) is 10.5 Å². The van der Waals surface area contributed by atoms with Crippen molar-refractivity contribution in [2.75, 3.05) is 11.9 Å². The van der Waals surface area contributed by atoms with Gasteiger partial charge in [-0.25, -0.2) is 4.79 Å². The summed E-state index contributed by atoms with van der Waals surface area (Å²) in [5.41, 5.74) is 7.61. The van der Waals surface area contributed by atoms with Crippen LogP contribution in [-0.4, -0.2) is 59.4 Å². The summed E-state index contributed by atoms with van der Waals surface area (Å²) in [5.74, 6) is -3.92. The maximum atomic E-state index is 13.2. The molecule has 5 amide bonds. The van der Waals surface area contributed by atoms with E-state index in [9.17, 15) is 28.8 Å². The van der Waals surface area contributed by atoms with Crippen LogP contribution >= 0.6 is 0 Å². The molecule has 0 aliphatic carbocycles. The number of hydrogen-bond acceptors (Lipinski definition) is 7. The van der Waals surface area contributed by atoms with Crippen molar-refractivity contribution in [2.24, 2.45) is 5.73 Å². The number of aliphatic carboxylic acids is 1. The van der Waals surface area contributed by atoms with Gasteiger partial charge in [0.1, 0.15) is 18.7 Å². The van der Waals surface area contributed by atoms with Crippen LogP contribution in [0, 0.1) is 0 Å². The summed E-state index contributed by atoms with van der Waals surface area (Å²) >= 11 is 0. The summed E-state index contributed by atoms with van der Waals surface area (Å²) in [7, 11) is 0. The zero-order chi connectivity index (χ0) is 33.5. The highest BCUT2D eigenvalue weighted by Gasteiger charge is 2.24. The Bertz CT molecular complexity index is 1530. The largest absolute Gasteiger partial charge is 0.481 e. The third-order valence-corrected chi connectivity index (χ3v) is 6.74. The first-order chi connectivity index (χ1) is 22.0. The SMILES string of the molecule is CC(=O)N[C@@H](CCCCNC(=O)OCc1ccccc1)C(=O)Nc1ccc(C(=O)N[C@@H](CC(=O)O)C(N)=O)c(-c2ccccc2)c1. The fraction of sp³-hybridized carbons (Fsp3) is 0.273. The van der Waals surface area contributed by atoms with Crippen LogP contribution in [0.15, 0.2) is 78.9 Å². The summed E-state index contributed by atoms with van der Waals surface area (Å²) in [4.78, 5) is 73.1. The predicted octanol–water partition coefficient (Wildman–Crippen LogP) is 2.95. The second kappa shape index (κ2) is 17.5. The molecule has 13 nitrogen and oxygen atoms in total. The van der Waals surface area contributed by atoms with E-state index in [4.69, 9.17) is 15.6 Å². The van der Waals surface area contributed by atoms with Gasteiger partial charge in [0.05, 0.1) is 6.42 Å². The number of carbonyl (C=O) groups is 6. The quantitative estimate of drug-likeness (QED) is 0.129. The van der Waals surface area contributed by atoms with E-state index in [1.165, 1.54) is 19.1 Å². The van der Waals surface area contributed by atoms with E-state index in [2.05, 4.69) is 21.3 Å². The van der Waals surface area contributed by atoms with Gasteiger partial charge in [-0.05, 0) is 54.2 Å². The monoisotopic (exact) mass is 631 g/mol. The molecule has 46 heavy (non-hydrogen) atoms. The Morgan fingerprint density at radius 2 is 1.52 bits per heavy atom. The number of benzene rings is 3. The van der Waals surface area contributed by atoms with Crippen LogP contribution in [-0.2, 0) is 30.5 Å². The van der Waals surface area contributed by atoms with E-state index in [1.54, 1.807) is 36.4 Å². The number of alkyl carbamates (subject to hydrolysis) is 1. The second-order valence-corrected chi connectivity index (χ2v) is 10.4. The molecule has 3 aromatic rings. The third-order valence-electron chi connectivity index (χ3n) is 6.74. The molecule has 0 aromatic heterocycles. The number of unbranched alkanes of at least 4 members (excludes halogenated alkanes) is 1. The first-order valence-electron chi connectivity index (χ1n) is 14.6. The Morgan fingerprint density at radius 1 is 0.848 bits per heavy atom. The lowest BCUT2D eigenvalue weighted by molar-refractivity contribution is -0.139. The number of carbonyl (C=O) groups excluding carboxylic acids is 5. The number of rotatable bonds is 16. The van der Waals surface area contributed by atoms with Gasteiger partial charge in [-0.3, -0.25) is 24.0 Å². The molecule has 2 atom stereocenters. The minimum atomic E-state index is -1.43. The molecular formula is C33H37N5O8. The Morgan fingerprint density at radius 3 is 2.15 bits per heavy atom. The highest BCUT2D eigenvalue weighted by molar-refractivity contribution is 6.05. The molecule has 0 saturated carbocycles. The number of carboxylic acids is 1. The molecular weight excluding hydrogens is 594 g/mol. The maximum absolute atomic E-state index is 13.2. The molecule has 0 spiro atoms. The van der Waals surface area contributed by atoms with Crippen LogP contribution in [0.2, 0.25) is 0 Å². The number of primary amides is 1. The van der Waals surface area contributed by atoms with Gasteiger partial charge in [0.25, 0.3) is 5.91 Å². The maximum Gasteiger partial charge on any atom is 0.407 e. The number of nitrogens with two attached hydrogens (primary N) is 1. The summed E-state index contributed by atoms with van der Waals surface area (Å²) in [5, 5.41) is 19.5. The number of nitrogens with one attached hydrogen (secondary N) is 4. The van der Waals surface area contributed by atoms with Gasteiger partial charge in [-0.2, -0.15) is 0 Å². The Kier molecular flexibility index (Phi) is 13.3. The molecule has 0 aliphatic heterocycles. The molecule has 0 fully saturated rings. The van der Waals surface area contributed by atoms with Gasteiger partial charge in [-0.15, -0.1) is 0 Å². The van der Waals surface area contributed by atoms with Crippen molar-refractivity contribution < 1.29 is 38.6 Å². The fourth-order valence-corrected chi connectivity index (χ4v) is 4.49. The van der Waals surface area contributed by atoms with Gasteiger partial charge in [0.2, 0.25) is 17.7 Å². The van der Waals surface area contributed by atoms with Crippen molar-refractivity contribution in [3.05, 3.63) is 90.0 Å². The van der Waals surface area contributed by atoms with Crippen molar-refractivity contribution >= 4 is 41.4 Å². The first kappa shape index (κ1) is 34.8. The summed E-state index contributed by atoms with van der Waals surface area (Å²) in [6, 6.07) is 20.2. The zero-order valence-electron chi connectivity index (χ0n) is 25.3. The van der Waals surface area contributed by atoms with E-state index < -0.39 is 54.2 Å². The van der Waals surface area contributed by atoms with Crippen molar-refractivity contribution in [2.45, 2.75) is 51.3 Å². The molecule has 3 aromatic carbocycles. The average Bonchev–Trinajstić information content (AvgIpc) is 3.03. The summed E-state index contributed by atoms with van der Waals surface area (Å²) in [6.45, 7) is 1.76. The molecule has 0 heterocycles. The van der Waals surface area contributed by atoms with Crippen LogP contribution in [0.5, 0.6) is 0 Å². The second-order valence-electron chi connectivity index (χ2n) is 10.4. The minimum absolute atomic E-state index is 0.119. The number of anilines is 1. The van der Waals surface area contributed by atoms with E-state index >= 15 is 0 Å². The van der Waals surface area contributed by atoms with Crippen molar-refractivity contribution in [1.82, 2.24) is 16.0 Å². The fourth-order valence-electron chi connectivity index (χ4n) is 4.49. The summed E-state index contributed by atoms with van der Waals surface area (Å²) < 4.78 is 5.18. The van der Waals surface area contributed by atoms with Crippen LogP contribution in [0.3, 0.4) is 0 Å². The molecule has 0 saturated heterocycles. The lowest BCUT2D eigenvalue weighted by Crippen LogP contribution is -2.45. The molecule has 0 unspecified atom stereocenters. The van der Waals surface area contributed by atoms with Crippen LogP contribution < -0.4 is 27.0 Å². The molecule has 7 N–H and O–H groups in total. The van der Waals surface area contributed by atoms with E-state index in [1.807, 2.05) is 30.3 Å². The standard InChI is InChI=1S/C33H37N5O8/c1-21(39)36-27(14-8-9-17-35-33(45)46-20-22-10-4-2-5-11-22)32(44)37-24-15-16-25(26(18-24)23-12-6-3-7-13-23)31(43)38-28(30(34)42)19-29(40)41/h2-7,10-13,15-16,18,27-28H,8-9,14,17,19-20H2,1H3,(H2,34,42)(H,35,45)(H,36,39)(H,37,44)(H,38,43)(H,40,41)/t27-,28-/m0/s1. The van der Waals surface area contributed by atoms with Gasteiger partial charge in [-0.1, -0.05) is 60.7 Å². The Labute approximate surface area is 265 Å². The Balaban J connectivity index is 1.64. The van der Waals surface area contributed by atoms with E-state index in [0.29, 0.717) is 36.2 Å². The molecule has 0 radical (unpaired) electrons. The Hall–Kier alpha value is -5.72. The molecule has 242 valence electrons. The smallest absolute Gasteiger partial charge is 0.407 e. The number of hydrogen-bond donors (Lipinski definition) is 6. The highest BCUT2D eigenvalue weighted by Crippen LogP contribution is 2.27. The summed E-state index contributed by atoms with van der Waals surface area (Å²) in [6.07, 6.45) is 0.0760.